The first kappa shape index (κ1) is 13.9. The highest BCUT2D eigenvalue weighted by Crippen LogP contribution is 2.40. The van der Waals surface area contributed by atoms with Crippen molar-refractivity contribution in [3.05, 3.63) is 35.0 Å². The maximum atomic E-state index is 10.7. The summed E-state index contributed by atoms with van der Waals surface area (Å²) < 4.78 is 16.7. The molecule has 0 amide bonds. The van der Waals surface area contributed by atoms with Gasteiger partial charge in [0, 0.05) is 38.6 Å². The molecule has 3 rings (SSSR count). The van der Waals surface area contributed by atoms with Crippen LogP contribution in [0.1, 0.15) is 24.7 Å². The van der Waals surface area contributed by atoms with Gasteiger partial charge in [-0.2, -0.15) is 0 Å². The number of fused-ring (bicyclic) bond motifs is 1. The van der Waals surface area contributed by atoms with Crippen LogP contribution in [-0.4, -0.2) is 31.0 Å². The topological polar surface area (TPSA) is 51.8 Å². The molecular formula is C15H17ClO4. The van der Waals surface area contributed by atoms with E-state index in [0.717, 1.165) is 5.39 Å². The molecule has 0 saturated carbocycles. The van der Waals surface area contributed by atoms with Crippen LogP contribution in [0, 0.1) is 0 Å². The van der Waals surface area contributed by atoms with Crippen LogP contribution in [0.3, 0.4) is 0 Å². The molecule has 1 N–H and O–H groups in total. The van der Waals surface area contributed by atoms with Crippen molar-refractivity contribution in [3.8, 4) is 0 Å². The van der Waals surface area contributed by atoms with Gasteiger partial charge >= 0.3 is 0 Å². The quantitative estimate of drug-likeness (QED) is 0.944. The number of methoxy groups -OCH3 is 1. The second-order valence-electron chi connectivity index (χ2n) is 5.09. The zero-order valence-corrected chi connectivity index (χ0v) is 12.0. The fourth-order valence-corrected chi connectivity index (χ4v) is 2.97. The third-order valence-electron chi connectivity index (χ3n) is 4.03. The van der Waals surface area contributed by atoms with Crippen LogP contribution in [0.5, 0.6) is 0 Å². The Balaban J connectivity index is 1.98. The van der Waals surface area contributed by atoms with E-state index in [9.17, 15) is 5.11 Å². The van der Waals surface area contributed by atoms with Gasteiger partial charge in [0.25, 0.3) is 0 Å². The van der Waals surface area contributed by atoms with Gasteiger partial charge in [-0.3, -0.25) is 0 Å². The lowest BCUT2D eigenvalue weighted by atomic mass is 9.86. The monoisotopic (exact) mass is 296 g/mol. The van der Waals surface area contributed by atoms with Crippen molar-refractivity contribution >= 4 is 22.6 Å². The largest absolute Gasteiger partial charge is 0.457 e. The number of hydrogen-bond acceptors (Lipinski definition) is 4. The van der Waals surface area contributed by atoms with E-state index in [1.54, 1.807) is 13.2 Å². The lowest BCUT2D eigenvalue weighted by Gasteiger charge is -2.38. The SMILES string of the molecule is COC1(C(O)c2cc3cccc(Cl)c3o2)CCOCC1. The van der Waals surface area contributed by atoms with E-state index >= 15 is 0 Å². The normalized spacial score (nSPS) is 20.1. The lowest BCUT2D eigenvalue weighted by molar-refractivity contribution is -0.159. The maximum Gasteiger partial charge on any atom is 0.152 e. The Bertz CT molecular complexity index is 601. The number of aliphatic hydroxyl groups is 1. The molecule has 2 heterocycles. The van der Waals surface area contributed by atoms with E-state index < -0.39 is 11.7 Å². The molecule has 5 heteroatoms. The average Bonchev–Trinajstić information content (AvgIpc) is 2.92. The Morgan fingerprint density at radius 2 is 2.10 bits per heavy atom. The molecule has 4 nitrogen and oxygen atoms in total. The summed E-state index contributed by atoms with van der Waals surface area (Å²) in [6, 6.07) is 7.35. The molecule has 0 bridgehead atoms. The molecule has 0 spiro atoms. The minimum Gasteiger partial charge on any atom is -0.457 e. The Hall–Kier alpha value is -1.07. The first-order valence-corrected chi connectivity index (χ1v) is 7.03. The number of hydrogen-bond donors (Lipinski definition) is 1. The molecular weight excluding hydrogens is 280 g/mol. The van der Waals surface area contributed by atoms with Gasteiger partial charge in [-0.05, 0) is 12.1 Å². The van der Waals surface area contributed by atoms with E-state index in [4.69, 9.17) is 25.5 Å². The summed E-state index contributed by atoms with van der Waals surface area (Å²) in [6.45, 7) is 1.15. The van der Waals surface area contributed by atoms with Gasteiger partial charge in [-0.1, -0.05) is 23.7 Å². The van der Waals surface area contributed by atoms with Crippen LogP contribution in [0.4, 0.5) is 0 Å². The minimum absolute atomic E-state index is 0.483. The molecule has 1 aromatic carbocycles. The number of furan rings is 1. The average molecular weight is 297 g/mol. The van der Waals surface area contributed by atoms with Crippen LogP contribution < -0.4 is 0 Å². The van der Waals surface area contributed by atoms with Crippen molar-refractivity contribution in [1.29, 1.82) is 0 Å². The summed E-state index contributed by atoms with van der Waals surface area (Å²) in [5.41, 5.74) is -0.0555. The molecule has 1 unspecified atom stereocenters. The molecule has 0 aliphatic carbocycles. The van der Waals surface area contributed by atoms with E-state index in [2.05, 4.69) is 0 Å². The molecule has 108 valence electrons. The first-order valence-electron chi connectivity index (χ1n) is 6.65. The van der Waals surface area contributed by atoms with Crippen molar-refractivity contribution < 1.29 is 19.0 Å². The van der Waals surface area contributed by atoms with Crippen molar-refractivity contribution in [2.24, 2.45) is 0 Å². The van der Waals surface area contributed by atoms with Crippen molar-refractivity contribution in [1.82, 2.24) is 0 Å². The Morgan fingerprint density at radius 1 is 1.35 bits per heavy atom. The van der Waals surface area contributed by atoms with Crippen molar-refractivity contribution in [3.63, 3.8) is 0 Å². The highest BCUT2D eigenvalue weighted by molar-refractivity contribution is 6.34. The summed E-state index contributed by atoms with van der Waals surface area (Å²) in [5, 5.41) is 12.1. The molecule has 1 saturated heterocycles. The van der Waals surface area contributed by atoms with Crippen molar-refractivity contribution in [2.75, 3.05) is 20.3 Å². The van der Waals surface area contributed by atoms with Crippen LogP contribution in [0.2, 0.25) is 5.02 Å². The Kier molecular flexibility index (Phi) is 3.73. The maximum absolute atomic E-state index is 10.7. The van der Waals surface area contributed by atoms with E-state index in [1.807, 2.05) is 18.2 Å². The van der Waals surface area contributed by atoms with Gasteiger partial charge in [0.05, 0.1) is 5.02 Å². The van der Waals surface area contributed by atoms with Gasteiger partial charge in [-0.25, -0.2) is 0 Å². The lowest BCUT2D eigenvalue weighted by Crippen LogP contribution is -2.43. The van der Waals surface area contributed by atoms with E-state index in [1.165, 1.54) is 0 Å². The summed E-state index contributed by atoms with van der Waals surface area (Å²) in [6.07, 6.45) is 0.435. The molecule has 0 radical (unpaired) electrons. The van der Waals surface area contributed by atoms with Gasteiger partial charge in [-0.15, -0.1) is 0 Å². The molecule has 1 fully saturated rings. The fraction of sp³-hybridized carbons (Fsp3) is 0.467. The standard InChI is InChI=1S/C15H17ClO4/c1-18-15(5-7-19-8-6-15)14(17)12-9-10-3-2-4-11(16)13(10)20-12/h2-4,9,14,17H,5-8H2,1H3. The fourth-order valence-electron chi connectivity index (χ4n) is 2.75. The first-order chi connectivity index (χ1) is 9.66. The van der Waals surface area contributed by atoms with Crippen LogP contribution in [0.25, 0.3) is 11.0 Å². The third-order valence-corrected chi connectivity index (χ3v) is 4.33. The zero-order chi connectivity index (χ0) is 14.2. The third kappa shape index (κ3) is 2.23. The number of halogens is 1. The van der Waals surface area contributed by atoms with E-state index in [0.29, 0.717) is 42.4 Å². The minimum atomic E-state index is -0.833. The number of para-hydroxylation sites is 1. The summed E-state index contributed by atoms with van der Waals surface area (Å²) in [7, 11) is 1.62. The smallest absolute Gasteiger partial charge is 0.152 e. The van der Waals surface area contributed by atoms with Gasteiger partial charge in [0.2, 0.25) is 0 Å². The molecule has 2 aromatic rings. The number of ether oxygens (including phenoxy) is 2. The number of benzene rings is 1. The van der Waals surface area contributed by atoms with Crippen LogP contribution in [0.15, 0.2) is 28.7 Å². The Morgan fingerprint density at radius 3 is 2.75 bits per heavy atom. The summed E-state index contributed by atoms with van der Waals surface area (Å²) in [4.78, 5) is 0. The molecule has 20 heavy (non-hydrogen) atoms. The van der Waals surface area contributed by atoms with Crippen LogP contribution in [-0.2, 0) is 9.47 Å². The second kappa shape index (κ2) is 5.37. The predicted octanol–water partition coefficient (Wildman–Crippen LogP) is 3.32. The predicted molar refractivity (Wildman–Crippen MR) is 76.0 cm³/mol. The number of aliphatic hydroxyl groups excluding tert-OH is 1. The number of rotatable bonds is 3. The van der Waals surface area contributed by atoms with Crippen molar-refractivity contribution in [2.45, 2.75) is 24.5 Å². The summed E-state index contributed by atoms with van der Waals surface area (Å²) >= 11 is 6.10. The van der Waals surface area contributed by atoms with Gasteiger partial charge in [0.15, 0.2) is 5.58 Å². The van der Waals surface area contributed by atoms with E-state index in [-0.39, 0.29) is 0 Å². The zero-order valence-electron chi connectivity index (χ0n) is 11.3. The Labute approximate surface area is 122 Å². The highest BCUT2D eigenvalue weighted by atomic mass is 35.5. The van der Waals surface area contributed by atoms with Gasteiger partial charge in [0.1, 0.15) is 17.5 Å². The van der Waals surface area contributed by atoms with Gasteiger partial charge < -0.3 is 19.0 Å². The molecule has 1 aliphatic rings. The molecule has 1 aromatic heterocycles. The van der Waals surface area contributed by atoms with Crippen LogP contribution >= 0.6 is 11.6 Å². The molecule has 1 atom stereocenters. The second-order valence-corrected chi connectivity index (χ2v) is 5.50. The highest BCUT2D eigenvalue weighted by Gasteiger charge is 2.42. The summed E-state index contributed by atoms with van der Waals surface area (Å²) in [5.74, 6) is 0.483. The molecule has 1 aliphatic heterocycles.